The number of aryl methyl sites for hydroxylation is 2. The molecule has 122 valence electrons. The fourth-order valence-electron chi connectivity index (χ4n) is 2.16. The first-order valence-electron chi connectivity index (χ1n) is 7.29. The van der Waals surface area contributed by atoms with Gasteiger partial charge in [0.1, 0.15) is 0 Å². The summed E-state index contributed by atoms with van der Waals surface area (Å²) in [5.41, 5.74) is 1.80. The van der Waals surface area contributed by atoms with Crippen LogP contribution in [0.25, 0.3) is 0 Å². The lowest BCUT2D eigenvalue weighted by atomic mass is 10.1. The van der Waals surface area contributed by atoms with E-state index in [4.69, 9.17) is 4.42 Å². The van der Waals surface area contributed by atoms with E-state index in [-0.39, 0.29) is 17.6 Å². The highest BCUT2D eigenvalue weighted by atomic mass is 16.3. The smallest absolute Gasteiger partial charge is 0.291 e. The zero-order valence-electron chi connectivity index (χ0n) is 13.2. The Kier molecular flexibility index (Phi) is 4.15. The summed E-state index contributed by atoms with van der Waals surface area (Å²) in [6.07, 6.45) is 3.16. The van der Waals surface area contributed by atoms with E-state index in [0.717, 1.165) is 5.56 Å². The Morgan fingerprint density at radius 1 is 1.12 bits per heavy atom. The van der Waals surface area contributed by atoms with Crippen LogP contribution in [0.15, 0.2) is 53.3 Å². The summed E-state index contributed by atoms with van der Waals surface area (Å²) in [4.78, 5) is 24.4. The molecular weight excluding hydrogens is 308 g/mol. The fourth-order valence-corrected chi connectivity index (χ4v) is 2.16. The Morgan fingerprint density at radius 2 is 1.96 bits per heavy atom. The van der Waals surface area contributed by atoms with Crippen molar-refractivity contribution in [3.63, 3.8) is 0 Å². The van der Waals surface area contributed by atoms with Crippen LogP contribution in [0.3, 0.4) is 0 Å². The number of anilines is 2. The third-order valence-electron chi connectivity index (χ3n) is 3.45. The average Bonchev–Trinajstić information content (AvgIpc) is 3.21. The number of hydrogen-bond acceptors (Lipinski definition) is 4. The summed E-state index contributed by atoms with van der Waals surface area (Å²) in [5, 5.41) is 9.55. The number of benzene rings is 1. The van der Waals surface area contributed by atoms with E-state index < -0.39 is 0 Å². The van der Waals surface area contributed by atoms with Crippen LogP contribution >= 0.6 is 0 Å². The Balaban J connectivity index is 1.78. The summed E-state index contributed by atoms with van der Waals surface area (Å²) in [6, 6.07) is 9.99. The minimum atomic E-state index is -0.370. The van der Waals surface area contributed by atoms with Gasteiger partial charge in [-0.25, -0.2) is 0 Å². The molecule has 1 aromatic carbocycles. The average molecular weight is 324 g/mol. The molecule has 2 heterocycles. The summed E-state index contributed by atoms with van der Waals surface area (Å²) in [5.74, 6) is -0.00503. The maximum absolute atomic E-state index is 12.3. The van der Waals surface area contributed by atoms with Gasteiger partial charge in [-0.1, -0.05) is 6.07 Å². The lowest BCUT2D eigenvalue weighted by Gasteiger charge is -2.09. The standard InChI is InChI=1S/C17H16N4O3/c1-11-5-6-12(16(22)19-15-7-8-21(2)20-15)10-13(11)18-17(23)14-4-3-9-24-14/h3-10H,1-2H3,(H,18,23)(H,19,20,22). The van der Waals surface area contributed by atoms with Crippen molar-refractivity contribution in [2.45, 2.75) is 6.92 Å². The molecule has 2 aromatic heterocycles. The molecule has 0 radical (unpaired) electrons. The number of rotatable bonds is 4. The van der Waals surface area contributed by atoms with Crippen LogP contribution in [-0.4, -0.2) is 21.6 Å². The second-order valence-corrected chi connectivity index (χ2v) is 5.29. The molecule has 0 atom stereocenters. The van der Waals surface area contributed by atoms with Crippen LogP contribution in [0.2, 0.25) is 0 Å². The zero-order chi connectivity index (χ0) is 17.1. The molecule has 0 bridgehead atoms. The van der Waals surface area contributed by atoms with E-state index in [2.05, 4.69) is 15.7 Å². The molecule has 0 aliphatic heterocycles. The topological polar surface area (TPSA) is 89.2 Å². The molecule has 0 aliphatic carbocycles. The van der Waals surface area contributed by atoms with Gasteiger partial charge in [-0.3, -0.25) is 14.3 Å². The Labute approximate surface area is 138 Å². The number of furan rings is 1. The first-order chi connectivity index (χ1) is 11.5. The maximum Gasteiger partial charge on any atom is 0.291 e. The number of carbonyl (C=O) groups excluding carboxylic acids is 2. The van der Waals surface area contributed by atoms with Crippen molar-refractivity contribution >= 4 is 23.3 Å². The molecule has 3 rings (SSSR count). The lowest BCUT2D eigenvalue weighted by molar-refractivity contribution is 0.0993. The third-order valence-corrected chi connectivity index (χ3v) is 3.45. The van der Waals surface area contributed by atoms with Crippen LogP contribution in [0.1, 0.15) is 26.5 Å². The predicted octanol–water partition coefficient (Wildman–Crippen LogP) is 2.83. The predicted molar refractivity (Wildman–Crippen MR) is 89.0 cm³/mol. The molecule has 0 fully saturated rings. The minimum absolute atomic E-state index is 0.206. The first kappa shape index (κ1) is 15.5. The van der Waals surface area contributed by atoms with Crippen LogP contribution in [0.4, 0.5) is 11.5 Å². The third kappa shape index (κ3) is 3.35. The van der Waals surface area contributed by atoms with Crippen molar-refractivity contribution in [1.82, 2.24) is 9.78 Å². The molecule has 0 spiro atoms. The highest BCUT2D eigenvalue weighted by Crippen LogP contribution is 2.19. The van der Waals surface area contributed by atoms with Gasteiger partial charge in [-0.2, -0.15) is 5.10 Å². The number of carbonyl (C=O) groups is 2. The van der Waals surface area contributed by atoms with E-state index in [0.29, 0.717) is 17.1 Å². The fraction of sp³-hybridized carbons (Fsp3) is 0.118. The Bertz CT molecular complexity index is 881. The first-order valence-corrected chi connectivity index (χ1v) is 7.29. The van der Waals surface area contributed by atoms with Crippen LogP contribution < -0.4 is 10.6 Å². The summed E-state index contributed by atoms with van der Waals surface area (Å²) in [7, 11) is 1.77. The van der Waals surface area contributed by atoms with E-state index >= 15 is 0 Å². The van der Waals surface area contributed by atoms with E-state index in [1.807, 2.05) is 6.92 Å². The highest BCUT2D eigenvalue weighted by molar-refractivity contribution is 6.06. The second kappa shape index (κ2) is 6.41. The van der Waals surface area contributed by atoms with Gasteiger partial charge in [0, 0.05) is 30.6 Å². The molecule has 7 heteroatoms. The molecule has 2 N–H and O–H groups in total. The molecule has 0 unspecified atom stereocenters. The quantitative estimate of drug-likeness (QED) is 0.772. The van der Waals surface area contributed by atoms with Crippen LogP contribution in [0, 0.1) is 6.92 Å². The normalized spacial score (nSPS) is 10.4. The minimum Gasteiger partial charge on any atom is -0.459 e. The molecule has 0 saturated carbocycles. The van der Waals surface area contributed by atoms with Crippen molar-refractivity contribution in [3.05, 3.63) is 65.7 Å². The molecular formula is C17H16N4O3. The van der Waals surface area contributed by atoms with Gasteiger partial charge in [-0.15, -0.1) is 0 Å². The van der Waals surface area contributed by atoms with Gasteiger partial charge in [0.2, 0.25) is 0 Å². The maximum atomic E-state index is 12.3. The SMILES string of the molecule is Cc1ccc(C(=O)Nc2ccn(C)n2)cc1NC(=O)c1ccco1. The number of aromatic nitrogens is 2. The molecule has 2 amide bonds. The van der Waals surface area contributed by atoms with Crippen molar-refractivity contribution in [2.24, 2.45) is 7.05 Å². The highest BCUT2D eigenvalue weighted by Gasteiger charge is 2.13. The molecule has 24 heavy (non-hydrogen) atoms. The largest absolute Gasteiger partial charge is 0.459 e. The van der Waals surface area contributed by atoms with Gasteiger partial charge < -0.3 is 15.1 Å². The molecule has 7 nitrogen and oxygen atoms in total. The summed E-state index contributed by atoms with van der Waals surface area (Å²) in [6.45, 7) is 1.85. The van der Waals surface area contributed by atoms with Crippen molar-refractivity contribution < 1.29 is 14.0 Å². The van der Waals surface area contributed by atoms with Gasteiger partial charge in [0.05, 0.1) is 6.26 Å². The zero-order valence-corrected chi connectivity index (χ0v) is 13.2. The summed E-state index contributed by atoms with van der Waals surface area (Å²) >= 11 is 0. The molecule has 3 aromatic rings. The van der Waals surface area contributed by atoms with Crippen molar-refractivity contribution in [3.8, 4) is 0 Å². The van der Waals surface area contributed by atoms with Crippen molar-refractivity contribution in [2.75, 3.05) is 10.6 Å². The van der Waals surface area contributed by atoms with Gasteiger partial charge in [-0.05, 0) is 36.8 Å². The van der Waals surface area contributed by atoms with E-state index in [9.17, 15) is 9.59 Å². The van der Waals surface area contributed by atoms with Gasteiger partial charge >= 0.3 is 0 Å². The van der Waals surface area contributed by atoms with Crippen LogP contribution in [-0.2, 0) is 7.05 Å². The Morgan fingerprint density at radius 3 is 2.62 bits per heavy atom. The van der Waals surface area contributed by atoms with Gasteiger partial charge in [0.25, 0.3) is 11.8 Å². The van der Waals surface area contributed by atoms with Crippen LogP contribution in [0.5, 0.6) is 0 Å². The Hall–Kier alpha value is -3.35. The number of nitrogens with one attached hydrogen (secondary N) is 2. The lowest BCUT2D eigenvalue weighted by Crippen LogP contribution is -2.15. The van der Waals surface area contributed by atoms with Gasteiger partial charge in [0.15, 0.2) is 11.6 Å². The monoisotopic (exact) mass is 324 g/mol. The second-order valence-electron chi connectivity index (χ2n) is 5.29. The summed E-state index contributed by atoms with van der Waals surface area (Å²) < 4.78 is 6.66. The number of amides is 2. The van der Waals surface area contributed by atoms with Crippen molar-refractivity contribution in [1.29, 1.82) is 0 Å². The van der Waals surface area contributed by atoms with E-state index in [1.165, 1.54) is 6.26 Å². The number of hydrogen-bond donors (Lipinski definition) is 2. The molecule has 0 aliphatic rings. The van der Waals surface area contributed by atoms with E-state index in [1.54, 1.807) is 54.3 Å². The molecule has 0 saturated heterocycles. The number of nitrogens with zero attached hydrogens (tertiary/aromatic N) is 2.